The van der Waals surface area contributed by atoms with Crippen LogP contribution in [0.1, 0.15) is 18.9 Å². The number of carbonyl (C=O) groups excluding carboxylic acids is 3. The predicted octanol–water partition coefficient (Wildman–Crippen LogP) is 2.67. The number of rotatable bonds is 6. The average molecular weight is 365 g/mol. The summed E-state index contributed by atoms with van der Waals surface area (Å²) in [7, 11) is 0. The fraction of sp³-hybridized carbons (Fsp3) is 0.286. The van der Waals surface area contributed by atoms with E-state index in [0.29, 0.717) is 24.5 Å². The van der Waals surface area contributed by atoms with Gasteiger partial charge in [0.15, 0.2) is 0 Å². The normalized spacial score (nSPS) is 16.3. The molecule has 0 aromatic heterocycles. The molecule has 6 nitrogen and oxygen atoms in total. The van der Waals surface area contributed by atoms with Crippen molar-refractivity contribution in [2.75, 3.05) is 23.7 Å². The zero-order valence-electron chi connectivity index (χ0n) is 15.3. The Bertz CT molecular complexity index is 818. The van der Waals surface area contributed by atoms with E-state index in [9.17, 15) is 14.4 Å². The third kappa shape index (κ3) is 5.17. The summed E-state index contributed by atoms with van der Waals surface area (Å²) in [6.45, 7) is 2.51. The van der Waals surface area contributed by atoms with Crippen LogP contribution in [0, 0.1) is 5.92 Å². The minimum atomic E-state index is -0.344. The monoisotopic (exact) mass is 365 g/mol. The Hall–Kier alpha value is -3.15. The van der Waals surface area contributed by atoms with E-state index in [1.54, 1.807) is 29.2 Å². The van der Waals surface area contributed by atoms with Crippen molar-refractivity contribution >= 4 is 29.1 Å². The molecule has 0 radical (unpaired) electrons. The van der Waals surface area contributed by atoms with Gasteiger partial charge in [-0.05, 0) is 36.2 Å². The Labute approximate surface area is 158 Å². The van der Waals surface area contributed by atoms with Gasteiger partial charge in [-0.1, -0.05) is 30.3 Å². The van der Waals surface area contributed by atoms with E-state index >= 15 is 0 Å². The molecule has 3 rings (SSSR count). The van der Waals surface area contributed by atoms with Crippen LogP contribution in [0.2, 0.25) is 0 Å². The van der Waals surface area contributed by atoms with Crippen LogP contribution in [-0.2, 0) is 20.8 Å². The lowest BCUT2D eigenvalue weighted by atomic mass is 10.1. The van der Waals surface area contributed by atoms with Gasteiger partial charge in [0, 0.05) is 37.8 Å². The highest BCUT2D eigenvalue weighted by Crippen LogP contribution is 2.21. The highest BCUT2D eigenvalue weighted by atomic mass is 16.2. The maximum absolute atomic E-state index is 12.5. The molecular formula is C21H23N3O3. The van der Waals surface area contributed by atoms with Crippen molar-refractivity contribution in [1.82, 2.24) is 4.90 Å². The van der Waals surface area contributed by atoms with Gasteiger partial charge >= 0.3 is 0 Å². The average Bonchev–Trinajstić information content (AvgIpc) is 3.03. The zero-order valence-corrected chi connectivity index (χ0v) is 15.3. The second-order valence-corrected chi connectivity index (χ2v) is 6.72. The van der Waals surface area contributed by atoms with Gasteiger partial charge in [0.25, 0.3) is 0 Å². The topological polar surface area (TPSA) is 78.5 Å². The van der Waals surface area contributed by atoms with Crippen LogP contribution >= 0.6 is 0 Å². The van der Waals surface area contributed by atoms with Gasteiger partial charge in [0.2, 0.25) is 17.7 Å². The molecule has 2 aromatic rings. The Balaban J connectivity index is 1.51. The highest BCUT2D eigenvalue weighted by molar-refractivity contribution is 5.97. The second kappa shape index (κ2) is 8.49. The molecule has 2 N–H and O–H groups in total. The molecule has 0 bridgehead atoms. The van der Waals surface area contributed by atoms with E-state index in [4.69, 9.17) is 0 Å². The van der Waals surface area contributed by atoms with Crippen molar-refractivity contribution in [3.05, 3.63) is 60.2 Å². The van der Waals surface area contributed by atoms with Crippen LogP contribution < -0.4 is 10.6 Å². The molecular weight excluding hydrogens is 342 g/mol. The van der Waals surface area contributed by atoms with E-state index in [1.165, 1.54) is 12.5 Å². The first-order valence-corrected chi connectivity index (χ1v) is 9.01. The molecule has 1 fully saturated rings. The van der Waals surface area contributed by atoms with Crippen molar-refractivity contribution in [1.29, 1.82) is 0 Å². The Morgan fingerprint density at radius 2 is 1.63 bits per heavy atom. The lowest BCUT2D eigenvalue weighted by molar-refractivity contribution is -0.128. The first-order chi connectivity index (χ1) is 13.0. The number of amides is 3. The van der Waals surface area contributed by atoms with Crippen molar-refractivity contribution in [3.8, 4) is 0 Å². The smallest absolute Gasteiger partial charge is 0.229 e. The molecule has 1 atom stereocenters. The standard InChI is InChI=1S/C21H23N3O3/c1-15(25)22-18-7-9-19(10-8-18)23-21(27)17-13-20(26)24(14-17)12-11-16-5-3-2-4-6-16/h2-10,17H,11-14H2,1H3,(H,22,25)(H,23,27)/t17-/m0/s1. The van der Waals surface area contributed by atoms with Gasteiger partial charge in [-0.3, -0.25) is 14.4 Å². The molecule has 3 amide bonds. The summed E-state index contributed by atoms with van der Waals surface area (Å²) >= 11 is 0. The molecule has 0 saturated carbocycles. The van der Waals surface area contributed by atoms with Gasteiger partial charge in [-0.15, -0.1) is 0 Å². The fourth-order valence-corrected chi connectivity index (χ4v) is 3.16. The number of anilines is 2. The Kier molecular flexibility index (Phi) is 5.86. The fourth-order valence-electron chi connectivity index (χ4n) is 3.16. The SMILES string of the molecule is CC(=O)Nc1ccc(NC(=O)[C@H]2CC(=O)N(CCc3ccccc3)C2)cc1. The molecule has 0 spiro atoms. The summed E-state index contributed by atoms with van der Waals surface area (Å²) in [5, 5.41) is 5.53. The molecule has 0 unspecified atom stereocenters. The van der Waals surface area contributed by atoms with Crippen LogP contribution in [0.25, 0.3) is 0 Å². The number of likely N-dealkylation sites (tertiary alicyclic amines) is 1. The lowest BCUT2D eigenvalue weighted by Gasteiger charge is -2.16. The maximum Gasteiger partial charge on any atom is 0.229 e. The first kappa shape index (κ1) is 18.6. The van der Waals surface area contributed by atoms with Gasteiger partial charge < -0.3 is 15.5 Å². The molecule has 2 aromatic carbocycles. The number of carbonyl (C=O) groups is 3. The quantitative estimate of drug-likeness (QED) is 0.826. The molecule has 0 aliphatic carbocycles. The van der Waals surface area contributed by atoms with Gasteiger partial charge in [-0.25, -0.2) is 0 Å². The van der Waals surface area contributed by atoms with Crippen LogP contribution in [0.15, 0.2) is 54.6 Å². The van der Waals surface area contributed by atoms with Crippen LogP contribution in [-0.4, -0.2) is 35.7 Å². The summed E-state index contributed by atoms with van der Waals surface area (Å²) in [5.74, 6) is -0.625. The summed E-state index contributed by atoms with van der Waals surface area (Å²) in [6, 6.07) is 16.9. The lowest BCUT2D eigenvalue weighted by Crippen LogP contribution is -2.30. The summed E-state index contributed by atoms with van der Waals surface area (Å²) in [5.41, 5.74) is 2.49. The van der Waals surface area contributed by atoms with Crippen molar-refractivity contribution < 1.29 is 14.4 Å². The van der Waals surface area contributed by atoms with Gasteiger partial charge in [0.05, 0.1) is 5.92 Å². The van der Waals surface area contributed by atoms with E-state index in [2.05, 4.69) is 10.6 Å². The molecule has 1 aliphatic rings. The summed E-state index contributed by atoms with van der Waals surface area (Å²) < 4.78 is 0. The first-order valence-electron chi connectivity index (χ1n) is 9.01. The Morgan fingerprint density at radius 3 is 2.26 bits per heavy atom. The molecule has 140 valence electrons. The van der Waals surface area contributed by atoms with Crippen LogP contribution in [0.4, 0.5) is 11.4 Å². The predicted molar refractivity (Wildman–Crippen MR) is 104 cm³/mol. The molecule has 1 aliphatic heterocycles. The van der Waals surface area contributed by atoms with E-state index in [0.717, 1.165) is 6.42 Å². The van der Waals surface area contributed by atoms with Crippen molar-refractivity contribution in [3.63, 3.8) is 0 Å². The third-order valence-corrected chi connectivity index (χ3v) is 4.57. The third-order valence-electron chi connectivity index (χ3n) is 4.57. The van der Waals surface area contributed by atoms with Gasteiger partial charge in [-0.2, -0.15) is 0 Å². The van der Waals surface area contributed by atoms with E-state index in [1.807, 2.05) is 30.3 Å². The minimum absolute atomic E-state index is 0.0205. The van der Waals surface area contributed by atoms with Crippen LogP contribution in [0.5, 0.6) is 0 Å². The highest BCUT2D eigenvalue weighted by Gasteiger charge is 2.33. The van der Waals surface area contributed by atoms with Gasteiger partial charge in [0.1, 0.15) is 0 Å². The number of hydrogen-bond acceptors (Lipinski definition) is 3. The van der Waals surface area contributed by atoms with E-state index < -0.39 is 0 Å². The number of hydrogen-bond donors (Lipinski definition) is 2. The molecule has 1 heterocycles. The summed E-state index contributed by atoms with van der Waals surface area (Å²) in [4.78, 5) is 37.5. The van der Waals surface area contributed by atoms with E-state index in [-0.39, 0.29) is 30.1 Å². The molecule has 6 heteroatoms. The minimum Gasteiger partial charge on any atom is -0.342 e. The van der Waals surface area contributed by atoms with Crippen molar-refractivity contribution in [2.24, 2.45) is 5.92 Å². The zero-order chi connectivity index (χ0) is 19.2. The Morgan fingerprint density at radius 1 is 1.00 bits per heavy atom. The molecule has 27 heavy (non-hydrogen) atoms. The second-order valence-electron chi connectivity index (χ2n) is 6.72. The molecule has 1 saturated heterocycles. The number of nitrogens with zero attached hydrogens (tertiary/aromatic N) is 1. The number of nitrogens with one attached hydrogen (secondary N) is 2. The van der Waals surface area contributed by atoms with Crippen LogP contribution in [0.3, 0.4) is 0 Å². The summed E-state index contributed by atoms with van der Waals surface area (Å²) in [6.07, 6.45) is 1.02. The number of benzene rings is 2. The maximum atomic E-state index is 12.5. The largest absolute Gasteiger partial charge is 0.342 e. The van der Waals surface area contributed by atoms with Crippen molar-refractivity contribution in [2.45, 2.75) is 19.8 Å².